The van der Waals surface area contributed by atoms with Gasteiger partial charge in [0.25, 0.3) is 5.91 Å². The maximum absolute atomic E-state index is 13.4. The zero-order chi connectivity index (χ0) is 21.2. The van der Waals surface area contributed by atoms with E-state index in [2.05, 4.69) is 25.9 Å². The highest BCUT2D eigenvalue weighted by Crippen LogP contribution is 2.31. The average molecular weight is 478 g/mol. The minimum absolute atomic E-state index is 0.0961. The molecule has 1 aliphatic heterocycles. The van der Waals surface area contributed by atoms with Crippen molar-refractivity contribution >= 4 is 44.5 Å². The average Bonchev–Trinajstić information content (AvgIpc) is 3.45. The molecule has 0 spiro atoms. The van der Waals surface area contributed by atoms with E-state index in [9.17, 15) is 4.79 Å². The number of nitrogens with zero attached hydrogens (tertiary/aromatic N) is 2. The number of amides is 1. The molecule has 1 aliphatic rings. The first kappa shape index (κ1) is 19.8. The summed E-state index contributed by atoms with van der Waals surface area (Å²) in [6, 6.07) is 19.4. The molecule has 0 atom stereocenters. The number of para-hydroxylation sites is 2. The molecule has 31 heavy (non-hydrogen) atoms. The van der Waals surface area contributed by atoms with Crippen LogP contribution >= 0.6 is 15.9 Å². The Morgan fingerprint density at radius 2 is 1.81 bits per heavy atom. The molecule has 2 aromatic carbocycles. The second kappa shape index (κ2) is 8.53. The Morgan fingerprint density at radius 3 is 2.61 bits per heavy atom. The van der Waals surface area contributed by atoms with Gasteiger partial charge in [-0.15, -0.1) is 0 Å². The van der Waals surface area contributed by atoms with Gasteiger partial charge in [-0.1, -0.05) is 46.3 Å². The number of carbonyl (C=O) groups excluding carboxylic acids is 1. The highest BCUT2D eigenvalue weighted by molar-refractivity contribution is 9.10. The lowest BCUT2D eigenvalue weighted by Gasteiger charge is -2.27. The molecule has 4 aromatic rings. The number of hydrogen-bond acceptors (Lipinski definition) is 4. The molecule has 1 saturated heterocycles. The lowest BCUT2D eigenvalue weighted by Crippen LogP contribution is -2.41. The molecule has 1 amide bonds. The van der Waals surface area contributed by atoms with E-state index >= 15 is 0 Å². The normalized spacial score (nSPS) is 14.9. The van der Waals surface area contributed by atoms with Gasteiger partial charge >= 0.3 is 0 Å². The van der Waals surface area contributed by atoms with E-state index in [0.717, 1.165) is 26.8 Å². The van der Waals surface area contributed by atoms with E-state index in [1.807, 2.05) is 60.7 Å². The lowest BCUT2D eigenvalue weighted by molar-refractivity contribution is -0.128. The van der Waals surface area contributed by atoms with Gasteiger partial charge in [-0.25, -0.2) is 4.98 Å². The summed E-state index contributed by atoms with van der Waals surface area (Å²) >= 11 is 3.56. The quantitative estimate of drug-likeness (QED) is 0.420. The van der Waals surface area contributed by atoms with Crippen molar-refractivity contribution in [2.75, 3.05) is 26.3 Å². The number of nitrogens with one attached hydrogen (secondary N) is 1. The summed E-state index contributed by atoms with van der Waals surface area (Å²) in [5, 5.41) is 0. The summed E-state index contributed by atoms with van der Waals surface area (Å²) in [6.45, 7) is 2.17. The number of halogens is 1. The minimum Gasteiger partial charge on any atom is -0.457 e. The Hall–Kier alpha value is -3.16. The van der Waals surface area contributed by atoms with E-state index in [0.29, 0.717) is 43.5 Å². The molecule has 6 nitrogen and oxygen atoms in total. The number of aromatic nitrogens is 2. The summed E-state index contributed by atoms with van der Waals surface area (Å²) in [4.78, 5) is 23.1. The highest BCUT2D eigenvalue weighted by atomic mass is 79.9. The molecule has 1 fully saturated rings. The summed E-state index contributed by atoms with van der Waals surface area (Å²) in [5.74, 6) is 1.74. The number of fused-ring (bicyclic) bond motifs is 1. The van der Waals surface area contributed by atoms with Crippen LogP contribution in [0.25, 0.3) is 34.0 Å². The number of morpholine rings is 1. The molecule has 0 aliphatic carbocycles. The fraction of sp³-hybridized carbons (Fsp3) is 0.167. The van der Waals surface area contributed by atoms with Gasteiger partial charge in [0.1, 0.15) is 17.3 Å². The first-order chi connectivity index (χ1) is 15.2. The van der Waals surface area contributed by atoms with Gasteiger partial charge < -0.3 is 19.0 Å². The fourth-order valence-electron chi connectivity index (χ4n) is 3.63. The first-order valence-corrected chi connectivity index (χ1v) is 10.9. The van der Waals surface area contributed by atoms with Crippen molar-refractivity contribution in [1.82, 2.24) is 14.9 Å². The van der Waals surface area contributed by atoms with E-state index in [1.165, 1.54) is 0 Å². The van der Waals surface area contributed by atoms with Crippen LogP contribution in [0.2, 0.25) is 0 Å². The molecule has 7 heteroatoms. The number of hydrogen-bond donors (Lipinski definition) is 1. The SMILES string of the molecule is O=C(C(=Cc1ccc(-c2ccccc2Br)o1)c1nc2ccccc2[nH]1)N1CCOCC1. The van der Waals surface area contributed by atoms with Gasteiger partial charge in [0.2, 0.25) is 0 Å². The van der Waals surface area contributed by atoms with E-state index in [4.69, 9.17) is 9.15 Å². The summed E-state index contributed by atoms with van der Waals surface area (Å²) in [7, 11) is 0. The van der Waals surface area contributed by atoms with Gasteiger partial charge in [-0.05, 0) is 36.4 Å². The Kier molecular flexibility index (Phi) is 5.44. The fourth-order valence-corrected chi connectivity index (χ4v) is 4.11. The van der Waals surface area contributed by atoms with Crippen LogP contribution in [0, 0.1) is 0 Å². The lowest BCUT2D eigenvalue weighted by atomic mass is 10.1. The molecule has 0 saturated carbocycles. The second-order valence-electron chi connectivity index (χ2n) is 7.25. The van der Waals surface area contributed by atoms with Crippen LogP contribution in [0.4, 0.5) is 0 Å². The summed E-state index contributed by atoms with van der Waals surface area (Å²) in [5.41, 5.74) is 3.11. The van der Waals surface area contributed by atoms with E-state index in [1.54, 1.807) is 11.0 Å². The minimum atomic E-state index is -0.0961. The van der Waals surface area contributed by atoms with Crippen molar-refractivity contribution in [2.45, 2.75) is 0 Å². The van der Waals surface area contributed by atoms with Crippen molar-refractivity contribution < 1.29 is 13.9 Å². The standard InChI is InChI=1S/C24H20BrN3O3/c25-19-6-2-1-5-17(19)22-10-9-16(31-22)15-18(24(29)28-11-13-30-14-12-28)23-26-20-7-3-4-8-21(20)27-23/h1-10,15H,11-14H2,(H,26,27). The van der Waals surface area contributed by atoms with Gasteiger partial charge in [-0.3, -0.25) is 4.79 Å². The molecular formula is C24H20BrN3O3. The second-order valence-corrected chi connectivity index (χ2v) is 8.10. The summed E-state index contributed by atoms with van der Waals surface area (Å²) in [6.07, 6.45) is 1.76. The molecule has 3 heterocycles. The van der Waals surface area contributed by atoms with Crippen molar-refractivity contribution in [3.63, 3.8) is 0 Å². The molecule has 0 radical (unpaired) electrons. The Morgan fingerprint density at radius 1 is 1.03 bits per heavy atom. The van der Waals surface area contributed by atoms with Crippen LogP contribution in [-0.2, 0) is 9.53 Å². The van der Waals surface area contributed by atoms with Gasteiger partial charge in [0, 0.05) is 23.1 Å². The predicted molar refractivity (Wildman–Crippen MR) is 123 cm³/mol. The van der Waals surface area contributed by atoms with Crippen LogP contribution in [0.1, 0.15) is 11.6 Å². The van der Waals surface area contributed by atoms with E-state index < -0.39 is 0 Å². The van der Waals surface area contributed by atoms with Crippen molar-refractivity contribution in [3.05, 3.63) is 76.7 Å². The predicted octanol–water partition coefficient (Wildman–Crippen LogP) is 4.98. The number of aromatic amines is 1. The molecule has 2 aromatic heterocycles. The van der Waals surface area contributed by atoms with E-state index in [-0.39, 0.29) is 5.91 Å². The molecule has 0 bridgehead atoms. The number of ether oxygens (including phenoxy) is 1. The molecule has 1 N–H and O–H groups in total. The number of H-pyrrole nitrogens is 1. The van der Waals surface area contributed by atoms with Crippen molar-refractivity contribution in [3.8, 4) is 11.3 Å². The number of imidazole rings is 1. The number of rotatable bonds is 4. The van der Waals surface area contributed by atoms with Crippen molar-refractivity contribution in [1.29, 1.82) is 0 Å². The zero-order valence-electron chi connectivity index (χ0n) is 16.7. The van der Waals surface area contributed by atoms with Crippen LogP contribution in [0.15, 0.2) is 69.6 Å². The maximum Gasteiger partial charge on any atom is 0.257 e. The third-order valence-electron chi connectivity index (χ3n) is 5.23. The van der Waals surface area contributed by atoms with Gasteiger partial charge in [0.05, 0.1) is 29.8 Å². The van der Waals surface area contributed by atoms with Gasteiger partial charge in [-0.2, -0.15) is 0 Å². The largest absolute Gasteiger partial charge is 0.457 e. The van der Waals surface area contributed by atoms with Crippen LogP contribution in [-0.4, -0.2) is 47.1 Å². The Labute approximate surface area is 187 Å². The monoisotopic (exact) mass is 477 g/mol. The number of carbonyl (C=O) groups is 1. The smallest absolute Gasteiger partial charge is 0.257 e. The Balaban J connectivity index is 1.56. The zero-order valence-corrected chi connectivity index (χ0v) is 18.3. The molecule has 5 rings (SSSR count). The maximum atomic E-state index is 13.4. The molecule has 156 valence electrons. The third kappa shape index (κ3) is 4.06. The summed E-state index contributed by atoms with van der Waals surface area (Å²) < 4.78 is 12.4. The third-order valence-corrected chi connectivity index (χ3v) is 5.92. The van der Waals surface area contributed by atoms with Crippen molar-refractivity contribution in [2.24, 2.45) is 0 Å². The number of furan rings is 1. The number of benzene rings is 2. The molecular weight excluding hydrogens is 458 g/mol. The topological polar surface area (TPSA) is 71.4 Å². The van der Waals surface area contributed by atoms with Crippen LogP contribution < -0.4 is 0 Å². The first-order valence-electron chi connectivity index (χ1n) is 10.1. The molecule has 0 unspecified atom stereocenters. The Bertz CT molecular complexity index is 1230. The van der Waals surface area contributed by atoms with Crippen LogP contribution in [0.5, 0.6) is 0 Å². The highest BCUT2D eigenvalue weighted by Gasteiger charge is 2.24. The van der Waals surface area contributed by atoms with Gasteiger partial charge in [0.15, 0.2) is 0 Å². The van der Waals surface area contributed by atoms with Crippen LogP contribution in [0.3, 0.4) is 0 Å².